The lowest BCUT2D eigenvalue weighted by Gasteiger charge is -2.12. The number of pyridine rings is 2. The van der Waals surface area contributed by atoms with Crippen molar-refractivity contribution in [3.05, 3.63) is 102 Å². The lowest BCUT2D eigenvalue weighted by molar-refractivity contribution is 0.301. The predicted molar refractivity (Wildman–Crippen MR) is 161 cm³/mol. The van der Waals surface area contributed by atoms with E-state index < -0.39 is 0 Å². The molecule has 3 aromatic heterocycles. The van der Waals surface area contributed by atoms with Crippen LogP contribution >= 0.6 is 11.8 Å². The van der Waals surface area contributed by atoms with Gasteiger partial charge in [0, 0.05) is 41.5 Å². The third-order valence-corrected chi connectivity index (χ3v) is 7.73. The molecular formula is C33H35N3O2S. The topological polar surface area (TPSA) is 49.2 Å². The third kappa shape index (κ3) is 6.82. The summed E-state index contributed by atoms with van der Waals surface area (Å²) < 4.78 is 14.0. The van der Waals surface area contributed by atoms with Crippen LogP contribution in [0.5, 0.6) is 11.6 Å². The minimum atomic E-state index is 0.459. The maximum Gasteiger partial charge on any atom is 0.213 e. The normalized spacial score (nSPS) is 11.2. The lowest BCUT2D eigenvalue weighted by atomic mass is 10.1. The zero-order valence-electron chi connectivity index (χ0n) is 22.9. The quantitative estimate of drug-likeness (QED) is 0.118. The lowest BCUT2D eigenvalue weighted by Crippen LogP contribution is -2.02. The Kier molecular flexibility index (Phi) is 8.84. The van der Waals surface area contributed by atoms with Gasteiger partial charge in [0.2, 0.25) is 5.88 Å². The van der Waals surface area contributed by atoms with Crippen LogP contribution in [0.4, 0.5) is 0 Å². The maximum absolute atomic E-state index is 6.09. The van der Waals surface area contributed by atoms with Crippen molar-refractivity contribution in [3.63, 3.8) is 0 Å². The summed E-state index contributed by atoms with van der Waals surface area (Å²) in [6.45, 7) is 8.14. The van der Waals surface area contributed by atoms with E-state index in [1.807, 2.05) is 50.1 Å². The number of rotatable bonds is 12. The van der Waals surface area contributed by atoms with Crippen LogP contribution in [-0.4, -0.2) is 26.9 Å². The van der Waals surface area contributed by atoms with Crippen molar-refractivity contribution in [3.8, 4) is 22.8 Å². The standard InChI is InChI=1S/C33H35N3O2S/c1-4-6-17-39-33-19-28-18-30(38-23-29-13-7-24(3)20-34-29)14-15-31(28)36(33)22-25-8-10-26(11-9-25)27-12-16-32(35-21-27)37-5-2/h7-16,18-21H,4-6,17,22-23H2,1-3H3. The van der Waals surface area contributed by atoms with Gasteiger partial charge in [-0.15, -0.1) is 11.8 Å². The van der Waals surface area contributed by atoms with Crippen molar-refractivity contribution >= 4 is 22.7 Å². The van der Waals surface area contributed by atoms with Crippen molar-refractivity contribution in [2.75, 3.05) is 12.4 Å². The van der Waals surface area contributed by atoms with Crippen molar-refractivity contribution in [2.45, 2.75) is 51.8 Å². The molecule has 0 aliphatic heterocycles. The molecule has 0 fully saturated rings. The summed E-state index contributed by atoms with van der Waals surface area (Å²) in [5.74, 6) is 2.63. The van der Waals surface area contributed by atoms with Crippen LogP contribution < -0.4 is 9.47 Å². The average molecular weight is 538 g/mol. The fourth-order valence-electron chi connectivity index (χ4n) is 4.43. The van der Waals surface area contributed by atoms with Crippen molar-refractivity contribution < 1.29 is 9.47 Å². The van der Waals surface area contributed by atoms with E-state index in [2.05, 4.69) is 82.1 Å². The Balaban J connectivity index is 1.35. The molecule has 3 heterocycles. The average Bonchev–Trinajstić information content (AvgIpc) is 3.30. The van der Waals surface area contributed by atoms with Gasteiger partial charge in [-0.25, -0.2) is 4.98 Å². The molecular weight excluding hydrogens is 502 g/mol. The van der Waals surface area contributed by atoms with Crippen LogP contribution in [0.15, 0.2) is 90.2 Å². The Hall–Kier alpha value is -3.77. The summed E-state index contributed by atoms with van der Waals surface area (Å²) in [7, 11) is 0. The number of unbranched alkanes of at least 4 members (excludes halogenated alkanes) is 1. The van der Waals surface area contributed by atoms with Gasteiger partial charge in [-0.1, -0.05) is 43.7 Å². The predicted octanol–water partition coefficient (Wildman–Crippen LogP) is 8.32. The number of aryl methyl sites for hydroxylation is 1. The molecule has 0 aliphatic rings. The summed E-state index contributed by atoms with van der Waals surface area (Å²) in [5.41, 5.74) is 6.79. The van der Waals surface area contributed by atoms with E-state index in [1.54, 1.807) is 0 Å². The van der Waals surface area contributed by atoms with E-state index >= 15 is 0 Å². The Labute approximate surface area is 235 Å². The van der Waals surface area contributed by atoms with Crippen LogP contribution in [0, 0.1) is 6.92 Å². The van der Waals surface area contributed by atoms with E-state index in [1.165, 1.54) is 34.3 Å². The van der Waals surface area contributed by atoms with Gasteiger partial charge in [0.25, 0.3) is 0 Å². The smallest absolute Gasteiger partial charge is 0.213 e. The van der Waals surface area contributed by atoms with Crippen molar-refractivity contribution in [1.29, 1.82) is 0 Å². The van der Waals surface area contributed by atoms with E-state index in [0.29, 0.717) is 19.1 Å². The number of benzene rings is 2. The fraction of sp³-hybridized carbons (Fsp3) is 0.273. The van der Waals surface area contributed by atoms with E-state index in [4.69, 9.17) is 9.47 Å². The molecule has 2 aromatic carbocycles. The Morgan fingerprint density at radius 2 is 1.67 bits per heavy atom. The van der Waals surface area contributed by atoms with E-state index in [9.17, 15) is 0 Å². The maximum atomic E-state index is 6.09. The highest BCUT2D eigenvalue weighted by Crippen LogP contribution is 2.32. The molecule has 5 nitrogen and oxygen atoms in total. The van der Waals surface area contributed by atoms with Crippen LogP contribution in [0.2, 0.25) is 0 Å². The second-order valence-electron chi connectivity index (χ2n) is 9.62. The minimum Gasteiger partial charge on any atom is -0.487 e. The van der Waals surface area contributed by atoms with Crippen LogP contribution in [0.1, 0.15) is 43.5 Å². The Bertz CT molecular complexity index is 1490. The van der Waals surface area contributed by atoms with Gasteiger partial charge in [0.1, 0.15) is 12.4 Å². The molecule has 0 atom stereocenters. The van der Waals surface area contributed by atoms with Gasteiger partial charge in [-0.05, 0) is 79.1 Å². The van der Waals surface area contributed by atoms with Crippen molar-refractivity contribution in [2.24, 2.45) is 0 Å². The molecule has 0 bridgehead atoms. The second-order valence-corrected chi connectivity index (χ2v) is 10.7. The molecule has 0 N–H and O–H groups in total. The third-order valence-electron chi connectivity index (χ3n) is 6.60. The van der Waals surface area contributed by atoms with E-state index in [-0.39, 0.29) is 0 Å². The fourth-order valence-corrected chi connectivity index (χ4v) is 5.60. The molecule has 39 heavy (non-hydrogen) atoms. The SMILES string of the molecule is CCCCSc1cc2cc(OCc3ccc(C)cn3)ccc2n1Cc1ccc(-c2ccc(OCC)nc2)cc1. The largest absolute Gasteiger partial charge is 0.487 e. The monoisotopic (exact) mass is 537 g/mol. The van der Waals surface area contributed by atoms with Gasteiger partial charge in [0.15, 0.2) is 0 Å². The molecule has 0 amide bonds. The molecule has 0 aliphatic carbocycles. The number of nitrogens with zero attached hydrogens (tertiary/aromatic N) is 3. The number of aromatic nitrogens is 3. The number of fused-ring (bicyclic) bond motifs is 1. The number of thioether (sulfide) groups is 1. The van der Waals surface area contributed by atoms with Crippen LogP contribution in [0.3, 0.4) is 0 Å². The highest BCUT2D eigenvalue weighted by atomic mass is 32.2. The summed E-state index contributed by atoms with van der Waals surface area (Å²) in [6, 6.07) is 25.5. The molecule has 6 heteroatoms. The molecule has 0 unspecified atom stereocenters. The highest BCUT2D eigenvalue weighted by Gasteiger charge is 2.12. The first-order valence-electron chi connectivity index (χ1n) is 13.6. The molecule has 5 rings (SSSR count). The summed E-state index contributed by atoms with van der Waals surface area (Å²) in [4.78, 5) is 8.87. The molecule has 0 spiro atoms. The number of ether oxygens (including phenoxy) is 2. The van der Waals surface area contributed by atoms with E-state index in [0.717, 1.165) is 40.4 Å². The summed E-state index contributed by atoms with van der Waals surface area (Å²) in [6.07, 6.45) is 6.15. The van der Waals surface area contributed by atoms with Gasteiger partial charge in [-0.2, -0.15) is 0 Å². The number of hydrogen-bond donors (Lipinski definition) is 0. The molecule has 0 saturated carbocycles. The zero-order chi connectivity index (χ0) is 27.0. The summed E-state index contributed by atoms with van der Waals surface area (Å²) in [5, 5.41) is 2.48. The number of hydrogen-bond acceptors (Lipinski definition) is 5. The molecule has 0 radical (unpaired) electrons. The van der Waals surface area contributed by atoms with Gasteiger partial charge in [0.05, 0.1) is 17.3 Å². The molecule has 200 valence electrons. The van der Waals surface area contributed by atoms with Crippen molar-refractivity contribution in [1.82, 2.24) is 14.5 Å². The van der Waals surface area contributed by atoms with Crippen LogP contribution in [0.25, 0.3) is 22.0 Å². The highest BCUT2D eigenvalue weighted by molar-refractivity contribution is 7.99. The zero-order valence-corrected chi connectivity index (χ0v) is 23.7. The first-order valence-corrected chi connectivity index (χ1v) is 14.6. The first kappa shape index (κ1) is 26.8. The minimum absolute atomic E-state index is 0.459. The Morgan fingerprint density at radius 1 is 0.821 bits per heavy atom. The molecule has 5 aromatic rings. The molecule has 0 saturated heterocycles. The van der Waals surface area contributed by atoms with Gasteiger partial charge in [-0.3, -0.25) is 4.98 Å². The van der Waals surface area contributed by atoms with Crippen LogP contribution in [-0.2, 0) is 13.2 Å². The van der Waals surface area contributed by atoms with Gasteiger partial charge < -0.3 is 14.0 Å². The Morgan fingerprint density at radius 3 is 2.38 bits per heavy atom. The first-order chi connectivity index (χ1) is 19.1. The second kappa shape index (κ2) is 12.9. The van der Waals surface area contributed by atoms with Gasteiger partial charge >= 0.3 is 0 Å². The summed E-state index contributed by atoms with van der Waals surface area (Å²) >= 11 is 1.93.